The fraction of sp³-hybridized carbons (Fsp3) is 0.400. The maximum absolute atomic E-state index is 5.11. The Bertz CT molecular complexity index is 602. The zero-order valence-corrected chi connectivity index (χ0v) is 12.8. The average Bonchev–Trinajstić information content (AvgIpc) is 2.47. The molecule has 0 aliphatic rings. The van der Waals surface area contributed by atoms with E-state index in [9.17, 15) is 0 Å². The summed E-state index contributed by atoms with van der Waals surface area (Å²) in [6.07, 6.45) is 0. The summed E-state index contributed by atoms with van der Waals surface area (Å²) in [6, 6.07) is 8.62. The second kappa shape index (κ2) is 6.88. The van der Waals surface area contributed by atoms with Crippen LogP contribution in [0.1, 0.15) is 31.0 Å². The van der Waals surface area contributed by atoms with Gasteiger partial charge in [0.15, 0.2) is 0 Å². The molecular weight excluding hydrogens is 266 g/mol. The van der Waals surface area contributed by atoms with E-state index in [-0.39, 0.29) is 6.04 Å². The van der Waals surface area contributed by atoms with Crippen molar-refractivity contribution in [3.63, 3.8) is 0 Å². The van der Waals surface area contributed by atoms with Gasteiger partial charge in [0.25, 0.3) is 0 Å². The summed E-state index contributed by atoms with van der Waals surface area (Å²) >= 11 is 0. The molecule has 6 heteroatoms. The molecule has 1 heterocycles. The van der Waals surface area contributed by atoms with Gasteiger partial charge < -0.3 is 15.4 Å². The van der Waals surface area contributed by atoms with E-state index >= 15 is 0 Å². The lowest BCUT2D eigenvalue weighted by Crippen LogP contribution is -2.13. The Hall–Kier alpha value is -2.37. The molecule has 0 amide bonds. The molecule has 0 saturated carbocycles. The van der Waals surface area contributed by atoms with Crippen molar-refractivity contribution in [2.75, 3.05) is 24.3 Å². The number of hydrogen-bond donors (Lipinski definition) is 2. The number of hydrogen-bond acceptors (Lipinski definition) is 6. The molecule has 0 radical (unpaired) electrons. The Morgan fingerprint density at radius 1 is 1.14 bits per heavy atom. The first-order valence-electron chi connectivity index (χ1n) is 7.00. The van der Waals surface area contributed by atoms with Crippen LogP contribution in [0.4, 0.5) is 11.9 Å². The second-order valence-electron chi connectivity index (χ2n) is 4.72. The molecule has 0 fully saturated rings. The van der Waals surface area contributed by atoms with Gasteiger partial charge in [0.2, 0.25) is 11.9 Å². The van der Waals surface area contributed by atoms with Gasteiger partial charge >= 0.3 is 6.01 Å². The van der Waals surface area contributed by atoms with Crippen molar-refractivity contribution in [3.8, 4) is 6.01 Å². The van der Waals surface area contributed by atoms with Gasteiger partial charge in [-0.3, -0.25) is 0 Å². The summed E-state index contributed by atoms with van der Waals surface area (Å²) in [7, 11) is 1.54. The van der Waals surface area contributed by atoms with Crippen LogP contribution in [0.15, 0.2) is 24.3 Å². The molecule has 2 aromatic rings. The first kappa shape index (κ1) is 15.0. The Labute approximate surface area is 125 Å². The molecular formula is C15H21N5O. The van der Waals surface area contributed by atoms with Crippen LogP contribution in [0.3, 0.4) is 0 Å². The third-order valence-corrected chi connectivity index (χ3v) is 3.13. The molecule has 0 saturated heterocycles. The quantitative estimate of drug-likeness (QED) is 0.851. The average molecular weight is 287 g/mol. The number of anilines is 2. The van der Waals surface area contributed by atoms with Gasteiger partial charge in [-0.1, -0.05) is 24.3 Å². The highest BCUT2D eigenvalue weighted by atomic mass is 16.5. The molecule has 0 bridgehead atoms. The summed E-state index contributed by atoms with van der Waals surface area (Å²) in [5.74, 6) is 0.998. The monoisotopic (exact) mass is 287 g/mol. The topological polar surface area (TPSA) is 72.0 Å². The molecule has 112 valence electrons. The number of rotatable bonds is 6. The number of nitrogens with zero attached hydrogens (tertiary/aromatic N) is 3. The van der Waals surface area contributed by atoms with Gasteiger partial charge in [0.05, 0.1) is 13.2 Å². The standard InChI is InChI=1S/C15H21N5O/c1-5-16-13-18-14(20-15(19-13)21-4)17-11(3)12-9-7-6-8-10(12)2/h6-9,11H,5H2,1-4H3,(H2,16,17,18,19,20). The molecule has 1 aromatic carbocycles. The van der Waals surface area contributed by atoms with Crippen LogP contribution in [-0.4, -0.2) is 28.6 Å². The molecule has 0 aliphatic carbocycles. The minimum absolute atomic E-state index is 0.0905. The van der Waals surface area contributed by atoms with Crippen LogP contribution in [0.2, 0.25) is 0 Å². The highest BCUT2D eigenvalue weighted by Gasteiger charge is 2.12. The van der Waals surface area contributed by atoms with Crippen LogP contribution >= 0.6 is 0 Å². The number of benzene rings is 1. The fourth-order valence-electron chi connectivity index (χ4n) is 2.09. The number of methoxy groups -OCH3 is 1. The van der Waals surface area contributed by atoms with E-state index in [1.807, 2.05) is 19.1 Å². The van der Waals surface area contributed by atoms with Crippen LogP contribution < -0.4 is 15.4 Å². The van der Waals surface area contributed by atoms with Crippen molar-refractivity contribution >= 4 is 11.9 Å². The molecule has 21 heavy (non-hydrogen) atoms. The van der Waals surface area contributed by atoms with Crippen molar-refractivity contribution in [1.82, 2.24) is 15.0 Å². The summed E-state index contributed by atoms with van der Waals surface area (Å²) in [4.78, 5) is 12.7. The van der Waals surface area contributed by atoms with Crippen molar-refractivity contribution in [1.29, 1.82) is 0 Å². The molecule has 1 unspecified atom stereocenters. The van der Waals surface area contributed by atoms with Crippen LogP contribution in [0.5, 0.6) is 6.01 Å². The molecule has 0 aliphatic heterocycles. The normalized spacial score (nSPS) is 11.8. The van der Waals surface area contributed by atoms with Crippen molar-refractivity contribution in [2.45, 2.75) is 26.8 Å². The van der Waals surface area contributed by atoms with Crippen molar-refractivity contribution in [3.05, 3.63) is 35.4 Å². The maximum Gasteiger partial charge on any atom is 0.322 e. The largest absolute Gasteiger partial charge is 0.467 e. The van der Waals surface area contributed by atoms with E-state index in [1.54, 1.807) is 7.11 Å². The summed E-state index contributed by atoms with van der Waals surface area (Å²) < 4.78 is 5.11. The van der Waals surface area contributed by atoms with Crippen LogP contribution in [0.25, 0.3) is 0 Å². The highest BCUT2D eigenvalue weighted by molar-refractivity contribution is 5.39. The molecule has 0 spiro atoms. The zero-order chi connectivity index (χ0) is 15.2. The van der Waals surface area contributed by atoms with E-state index in [0.717, 1.165) is 6.54 Å². The smallest absolute Gasteiger partial charge is 0.322 e. The first-order valence-corrected chi connectivity index (χ1v) is 7.00. The minimum atomic E-state index is 0.0905. The Morgan fingerprint density at radius 3 is 2.52 bits per heavy atom. The van der Waals surface area contributed by atoms with E-state index in [4.69, 9.17) is 4.74 Å². The molecule has 1 aromatic heterocycles. The van der Waals surface area contributed by atoms with E-state index < -0.39 is 0 Å². The van der Waals surface area contributed by atoms with Gasteiger partial charge in [0.1, 0.15) is 0 Å². The third-order valence-electron chi connectivity index (χ3n) is 3.13. The number of ether oxygens (including phenoxy) is 1. The summed E-state index contributed by atoms with van der Waals surface area (Å²) in [5.41, 5.74) is 2.44. The van der Waals surface area contributed by atoms with Crippen LogP contribution in [-0.2, 0) is 0 Å². The van der Waals surface area contributed by atoms with E-state index in [0.29, 0.717) is 17.9 Å². The van der Waals surface area contributed by atoms with Gasteiger partial charge in [-0.2, -0.15) is 15.0 Å². The van der Waals surface area contributed by atoms with Crippen molar-refractivity contribution < 1.29 is 4.74 Å². The van der Waals surface area contributed by atoms with Crippen LogP contribution in [0, 0.1) is 6.92 Å². The SMILES string of the molecule is CCNc1nc(NC(C)c2ccccc2C)nc(OC)n1. The third kappa shape index (κ3) is 3.81. The van der Waals surface area contributed by atoms with Gasteiger partial charge in [-0.15, -0.1) is 0 Å². The summed E-state index contributed by atoms with van der Waals surface area (Å²) in [5, 5.41) is 6.36. The van der Waals surface area contributed by atoms with Gasteiger partial charge in [0, 0.05) is 6.54 Å². The van der Waals surface area contributed by atoms with Gasteiger partial charge in [-0.25, -0.2) is 0 Å². The number of aryl methyl sites for hydroxylation is 1. The minimum Gasteiger partial charge on any atom is -0.467 e. The van der Waals surface area contributed by atoms with E-state index in [1.165, 1.54) is 11.1 Å². The lowest BCUT2D eigenvalue weighted by atomic mass is 10.0. The van der Waals surface area contributed by atoms with E-state index in [2.05, 4.69) is 51.6 Å². The van der Waals surface area contributed by atoms with Gasteiger partial charge in [-0.05, 0) is 31.9 Å². The Kier molecular flexibility index (Phi) is 4.92. The predicted molar refractivity (Wildman–Crippen MR) is 83.8 cm³/mol. The zero-order valence-electron chi connectivity index (χ0n) is 12.8. The molecule has 2 N–H and O–H groups in total. The molecule has 6 nitrogen and oxygen atoms in total. The summed E-state index contributed by atoms with van der Waals surface area (Å²) in [6.45, 7) is 6.89. The fourth-order valence-corrected chi connectivity index (χ4v) is 2.09. The highest BCUT2D eigenvalue weighted by Crippen LogP contribution is 2.21. The number of aromatic nitrogens is 3. The Morgan fingerprint density at radius 2 is 1.86 bits per heavy atom. The Balaban J connectivity index is 2.22. The lowest BCUT2D eigenvalue weighted by Gasteiger charge is -2.17. The molecule has 2 rings (SSSR count). The molecule has 1 atom stereocenters. The maximum atomic E-state index is 5.11. The van der Waals surface area contributed by atoms with Crippen molar-refractivity contribution in [2.24, 2.45) is 0 Å². The lowest BCUT2D eigenvalue weighted by molar-refractivity contribution is 0.379. The second-order valence-corrected chi connectivity index (χ2v) is 4.72. The predicted octanol–water partition coefficient (Wildman–Crippen LogP) is 2.79. The number of nitrogens with one attached hydrogen (secondary N) is 2. The first-order chi connectivity index (χ1) is 10.1.